The molecule has 1 rings (SSSR count). The van der Waals surface area contributed by atoms with E-state index in [1.807, 2.05) is 6.26 Å². The van der Waals surface area contributed by atoms with Gasteiger partial charge in [0.1, 0.15) is 12.1 Å². The molecule has 0 aliphatic carbocycles. The summed E-state index contributed by atoms with van der Waals surface area (Å²) in [6, 6.07) is 3.54. The number of rotatable bonds is 15. The summed E-state index contributed by atoms with van der Waals surface area (Å²) in [7, 11) is 0. The number of hydrogen-bond acceptors (Lipinski definition) is 8. The van der Waals surface area contributed by atoms with Gasteiger partial charge in [0.05, 0.1) is 18.6 Å². The van der Waals surface area contributed by atoms with Gasteiger partial charge in [-0.15, -0.1) is 0 Å². The van der Waals surface area contributed by atoms with Crippen molar-refractivity contribution < 1.29 is 34.2 Å². The number of hydrogen-bond donors (Lipinski definition) is 7. The number of amides is 4. The molecule has 4 amide bonds. The highest BCUT2D eigenvalue weighted by Gasteiger charge is 2.32. The molecule has 0 aliphatic heterocycles. The van der Waals surface area contributed by atoms with Crippen LogP contribution in [0.15, 0.2) is 30.3 Å². The first-order valence-electron chi connectivity index (χ1n) is 10.8. The SMILES string of the molecule is CSCCC(N)C(=O)NC(Cc1ccccc1)C(=O)NC(CC(N)=O)C(=O)NC(C(=O)O)C(C)O. The number of nitrogens with two attached hydrogens (primary N) is 2. The van der Waals surface area contributed by atoms with Gasteiger partial charge < -0.3 is 37.6 Å². The number of benzene rings is 1. The molecule has 5 unspecified atom stereocenters. The topological polar surface area (TPSA) is 214 Å². The number of carboxylic acids is 1. The van der Waals surface area contributed by atoms with Gasteiger partial charge in [-0.2, -0.15) is 11.8 Å². The second-order valence-electron chi connectivity index (χ2n) is 7.94. The molecule has 13 heteroatoms. The van der Waals surface area contributed by atoms with Crippen LogP contribution in [0.4, 0.5) is 0 Å². The van der Waals surface area contributed by atoms with E-state index in [2.05, 4.69) is 16.0 Å². The predicted octanol–water partition coefficient (Wildman–Crippen LogP) is -1.90. The average molecular weight is 512 g/mol. The quantitative estimate of drug-likeness (QED) is 0.140. The summed E-state index contributed by atoms with van der Waals surface area (Å²) < 4.78 is 0. The van der Waals surface area contributed by atoms with Crippen molar-refractivity contribution >= 4 is 41.4 Å². The lowest BCUT2D eigenvalue weighted by atomic mass is 10.0. The first-order valence-corrected chi connectivity index (χ1v) is 12.2. The van der Waals surface area contributed by atoms with E-state index in [4.69, 9.17) is 11.5 Å². The van der Waals surface area contributed by atoms with Crippen LogP contribution in [0.2, 0.25) is 0 Å². The number of carbonyl (C=O) groups is 5. The molecular formula is C22H33N5O7S. The van der Waals surface area contributed by atoms with E-state index in [9.17, 15) is 34.2 Å². The average Bonchev–Trinajstić information content (AvgIpc) is 2.79. The minimum absolute atomic E-state index is 0.0595. The van der Waals surface area contributed by atoms with Gasteiger partial charge in [0.2, 0.25) is 23.6 Å². The van der Waals surface area contributed by atoms with Gasteiger partial charge in [-0.25, -0.2) is 4.79 Å². The van der Waals surface area contributed by atoms with Gasteiger partial charge in [0.15, 0.2) is 6.04 Å². The number of carboxylic acid groups (broad SMARTS) is 1. The molecule has 0 saturated carbocycles. The fourth-order valence-corrected chi connectivity index (χ4v) is 3.53. The Hall–Kier alpha value is -3.16. The van der Waals surface area contributed by atoms with Crippen molar-refractivity contribution in [2.45, 2.75) is 56.5 Å². The van der Waals surface area contributed by atoms with Gasteiger partial charge in [-0.1, -0.05) is 30.3 Å². The highest BCUT2D eigenvalue weighted by molar-refractivity contribution is 7.98. The number of carbonyl (C=O) groups excluding carboxylic acids is 4. The van der Waals surface area contributed by atoms with E-state index in [1.54, 1.807) is 30.3 Å². The third-order valence-corrected chi connectivity index (χ3v) is 5.61. The standard InChI is InChI=1S/C22H33N5O7S/c1-12(28)18(22(33)34)27-21(32)16(11-17(24)29)26-20(31)15(10-13-6-4-3-5-7-13)25-19(30)14(23)8-9-35-2/h3-7,12,14-16,18,28H,8-11,23H2,1-2H3,(H2,24,29)(H,25,30)(H,26,31)(H,27,32)(H,33,34). The van der Waals surface area contributed by atoms with Gasteiger partial charge in [-0.05, 0) is 30.9 Å². The Labute approximate surface area is 207 Å². The largest absolute Gasteiger partial charge is 0.480 e. The molecule has 0 bridgehead atoms. The Morgan fingerprint density at radius 2 is 1.54 bits per heavy atom. The van der Waals surface area contributed by atoms with Crippen molar-refractivity contribution in [2.75, 3.05) is 12.0 Å². The van der Waals surface area contributed by atoms with E-state index in [-0.39, 0.29) is 6.42 Å². The van der Waals surface area contributed by atoms with Crippen LogP contribution in [0.5, 0.6) is 0 Å². The molecule has 0 fully saturated rings. The van der Waals surface area contributed by atoms with Crippen molar-refractivity contribution in [3.8, 4) is 0 Å². The number of aliphatic hydroxyl groups excluding tert-OH is 1. The van der Waals surface area contributed by atoms with E-state index >= 15 is 0 Å². The summed E-state index contributed by atoms with van der Waals surface area (Å²) in [5.41, 5.74) is 11.8. The Balaban J connectivity index is 3.09. The maximum absolute atomic E-state index is 13.1. The van der Waals surface area contributed by atoms with E-state index < -0.39 is 66.3 Å². The lowest BCUT2D eigenvalue weighted by Crippen LogP contribution is -2.59. The minimum atomic E-state index is -1.68. The molecule has 0 spiro atoms. The van der Waals surface area contributed by atoms with Crippen LogP contribution in [-0.2, 0) is 30.4 Å². The van der Waals surface area contributed by atoms with Crippen LogP contribution in [0.25, 0.3) is 0 Å². The lowest BCUT2D eigenvalue weighted by Gasteiger charge is -2.25. The fourth-order valence-electron chi connectivity index (χ4n) is 3.04. The molecule has 5 atom stereocenters. The number of aliphatic hydroxyl groups is 1. The van der Waals surface area contributed by atoms with Gasteiger partial charge in [-0.3, -0.25) is 19.2 Å². The summed E-state index contributed by atoms with van der Waals surface area (Å²) in [4.78, 5) is 61.1. The molecular weight excluding hydrogens is 478 g/mol. The Kier molecular flexibility index (Phi) is 12.8. The zero-order chi connectivity index (χ0) is 26.5. The Morgan fingerprint density at radius 3 is 2.06 bits per heavy atom. The van der Waals surface area contributed by atoms with Crippen LogP contribution in [-0.4, -0.2) is 82.1 Å². The monoisotopic (exact) mass is 511 g/mol. The van der Waals surface area contributed by atoms with Crippen molar-refractivity contribution in [2.24, 2.45) is 11.5 Å². The highest BCUT2D eigenvalue weighted by atomic mass is 32.2. The van der Waals surface area contributed by atoms with Crippen molar-refractivity contribution in [1.82, 2.24) is 16.0 Å². The summed E-state index contributed by atoms with van der Waals surface area (Å²) in [6.07, 6.45) is 0.226. The molecule has 0 radical (unpaired) electrons. The first kappa shape index (κ1) is 29.9. The number of nitrogens with one attached hydrogen (secondary N) is 3. The number of thioether (sulfide) groups is 1. The smallest absolute Gasteiger partial charge is 0.328 e. The normalized spacial score (nSPS) is 15.1. The summed E-state index contributed by atoms with van der Waals surface area (Å²) in [5.74, 6) is -4.20. The van der Waals surface area contributed by atoms with Crippen LogP contribution in [0.3, 0.4) is 0 Å². The van der Waals surface area contributed by atoms with Crippen LogP contribution < -0.4 is 27.4 Å². The van der Waals surface area contributed by atoms with E-state index in [1.165, 1.54) is 11.8 Å². The molecule has 9 N–H and O–H groups in total. The predicted molar refractivity (Wildman–Crippen MR) is 130 cm³/mol. The van der Waals surface area contributed by atoms with Gasteiger partial charge in [0.25, 0.3) is 0 Å². The molecule has 12 nitrogen and oxygen atoms in total. The second kappa shape index (κ2) is 15.0. The van der Waals surface area contributed by atoms with Crippen LogP contribution in [0, 0.1) is 0 Å². The maximum Gasteiger partial charge on any atom is 0.328 e. The summed E-state index contributed by atoms with van der Waals surface area (Å²) in [5, 5.41) is 25.8. The van der Waals surface area contributed by atoms with Crippen LogP contribution >= 0.6 is 11.8 Å². The molecule has 0 aromatic heterocycles. The lowest BCUT2D eigenvalue weighted by molar-refractivity contribution is -0.145. The molecule has 0 saturated heterocycles. The molecule has 1 aromatic carbocycles. The number of primary amides is 1. The number of aliphatic carboxylic acids is 1. The van der Waals surface area contributed by atoms with Crippen molar-refractivity contribution in [3.63, 3.8) is 0 Å². The maximum atomic E-state index is 13.1. The molecule has 194 valence electrons. The zero-order valence-corrected chi connectivity index (χ0v) is 20.4. The van der Waals surface area contributed by atoms with E-state index in [0.717, 1.165) is 6.92 Å². The van der Waals surface area contributed by atoms with E-state index in [0.29, 0.717) is 17.7 Å². The molecule has 35 heavy (non-hydrogen) atoms. The molecule has 1 aromatic rings. The zero-order valence-electron chi connectivity index (χ0n) is 19.6. The van der Waals surface area contributed by atoms with Crippen LogP contribution in [0.1, 0.15) is 25.3 Å². The third-order valence-electron chi connectivity index (χ3n) is 4.97. The third kappa shape index (κ3) is 10.8. The fraction of sp³-hybridized carbons (Fsp3) is 0.500. The molecule has 0 aliphatic rings. The minimum Gasteiger partial charge on any atom is -0.480 e. The summed E-state index contributed by atoms with van der Waals surface area (Å²) in [6.45, 7) is 1.16. The van der Waals surface area contributed by atoms with Crippen molar-refractivity contribution in [1.29, 1.82) is 0 Å². The molecule has 0 heterocycles. The highest BCUT2D eigenvalue weighted by Crippen LogP contribution is 2.07. The Bertz CT molecular complexity index is 884. The van der Waals surface area contributed by atoms with Gasteiger partial charge in [0, 0.05) is 6.42 Å². The first-order chi connectivity index (χ1) is 16.5. The van der Waals surface area contributed by atoms with Gasteiger partial charge >= 0.3 is 5.97 Å². The second-order valence-corrected chi connectivity index (χ2v) is 8.92. The van der Waals surface area contributed by atoms with Crippen molar-refractivity contribution in [3.05, 3.63) is 35.9 Å². The Morgan fingerprint density at radius 1 is 0.971 bits per heavy atom. The summed E-state index contributed by atoms with van der Waals surface area (Å²) >= 11 is 1.51.